The van der Waals surface area contributed by atoms with Crippen LogP contribution >= 0.6 is 0 Å². The van der Waals surface area contributed by atoms with Gasteiger partial charge in [-0.1, -0.05) is 6.92 Å². The summed E-state index contributed by atoms with van der Waals surface area (Å²) in [4.78, 5) is 14.6. The van der Waals surface area contributed by atoms with E-state index in [0.29, 0.717) is 13.2 Å². The Hall–Kier alpha value is -0.650. The second-order valence-corrected chi connectivity index (χ2v) is 6.84. The lowest BCUT2D eigenvalue weighted by atomic mass is 9.98. The minimum atomic E-state index is -0.668. The molecule has 0 aromatic rings. The largest absolute Gasteiger partial charge is 0.465 e. The number of rotatable bonds is 7. The van der Waals surface area contributed by atoms with E-state index >= 15 is 0 Å². The molecular formula is C16H32N2O3. The summed E-state index contributed by atoms with van der Waals surface area (Å²) in [7, 11) is 0. The van der Waals surface area contributed by atoms with E-state index in [4.69, 9.17) is 9.47 Å². The summed E-state index contributed by atoms with van der Waals surface area (Å²) in [6, 6.07) is 0. The number of morpholine rings is 1. The molecule has 2 atom stereocenters. The number of carbonyl (C=O) groups excluding carboxylic acids is 1. The van der Waals surface area contributed by atoms with Gasteiger partial charge in [-0.25, -0.2) is 0 Å². The molecular weight excluding hydrogens is 268 g/mol. The molecule has 0 aliphatic carbocycles. The molecule has 0 aromatic carbocycles. The molecule has 5 nitrogen and oxygen atoms in total. The van der Waals surface area contributed by atoms with Gasteiger partial charge in [0.1, 0.15) is 5.54 Å². The van der Waals surface area contributed by atoms with Crippen molar-refractivity contribution in [2.24, 2.45) is 0 Å². The molecule has 0 saturated carbocycles. The first-order chi connectivity index (χ1) is 9.72. The highest BCUT2D eigenvalue weighted by Gasteiger charge is 2.40. The summed E-state index contributed by atoms with van der Waals surface area (Å²) in [6.45, 7) is 15.7. The molecule has 1 rings (SSSR count). The average molecular weight is 300 g/mol. The first kappa shape index (κ1) is 18.4. The van der Waals surface area contributed by atoms with Crippen molar-refractivity contribution in [1.29, 1.82) is 0 Å². The third-order valence-electron chi connectivity index (χ3n) is 3.67. The Morgan fingerprint density at radius 2 is 2.14 bits per heavy atom. The molecule has 1 N–H and O–H groups in total. The standard InChI is InChI=1S/C16H32N2O3/c1-7-9-17-16(6,14(19)20-8-2)12-18-10-13(3)21-15(4,5)11-18/h13,17H,7-12H2,1-6H3. The van der Waals surface area contributed by atoms with Gasteiger partial charge in [0, 0.05) is 19.6 Å². The van der Waals surface area contributed by atoms with Crippen LogP contribution in [0.1, 0.15) is 48.0 Å². The zero-order chi connectivity index (χ0) is 16.1. The van der Waals surface area contributed by atoms with Crippen LogP contribution in [0.15, 0.2) is 0 Å². The SMILES string of the molecule is CCCNC(C)(CN1CC(C)OC(C)(C)C1)C(=O)OCC. The predicted molar refractivity (Wildman–Crippen MR) is 84.4 cm³/mol. The second kappa shape index (κ2) is 7.56. The summed E-state index contributed by atoms with van der Waals surface area (Å²) >= 11 is 0. The van der Waals surface area contributed by atoms with Gasteiger partial charge in [-0.15, -0.1) is 0 Å². The predicted octanol–water partition coefficient (Wildman–Crippen LogP) is 1.81. The summed E-state index contributed by atoms with van der Waals surface area (Å²) in [5.74, 6) is -0.171. The van der Waals surface area contributed by atoms with Gasteiger partial charge in [0.2, 0.25) is 0 Å². The molecule has 21 heavy (non-hydrogen) atoms. The summed E-state index contributed by atoms with van der Waals surface area (Å²) in [6.07, 6.45) is 1.16. The lowest BCUT2D eigenvalue weighted by molar-refractivity contribution is -0.157. The van der Waals surface area contributed by atoms with Crippen LogP contribution in [0, 0.1) is 0 Å². The number of ether oxygens (including phenoxy) is 2. The summed E-state index contributed by atoms with van der Waals surface area (Å²) in [5.41, 5.74) is -0.850. The molecule has 1 heterocycles. The first-order valence-corrected chi connectivity index (χ1v) is 8.05. The molecule has 0 amide bonds. The van der Waals surface area contributed by atoms with Crippen molar-refractivity contribution < 1.29 is 14.3 Å². The highest BCUT2D eigenvalue weighted by atomic mass is 16.5. The highest BCUT2D eigenvalue weighted by Crippen LogP contribution is 2.22. The van der Waals surface area contributed by atoms with Crippen LogP contribution in [0.25, 0.3) is 0 Å². The van der Waals surface area contributed by atoms with Gasteiger partial charge in [0.15, 0.2) is 0 Å². The number of hydrogen-bond donors (Lipinski definition) is 1. The number of hydrogen-bond acceptors (Lipinski definition) is 5. The van der Waals surface area contributed by atoms with Gasteiger partial charge < -0.3 is 14.8 Å². The van der Waals surface area contributed by atoms with Crippen LogP contribution in [0.4, 0.5) is 0 Å². The van der Waals surface area contributed by atoms with Crippen molar-refractivity contribution in [1.82, 2.24) is 10.2 Å². The van der Waals surface area contributed by atoms with E-state index in [1.54, 1.807) is 0 Å². The first-order valence-electron chi connectivity index (χ1n) is 8.05. The summed E-state index contributed by atoms with van der Waals surface area (Å²) < 4.78 is 11.2. The Bertz CT molecular complexity index is 346. The molecule has 1 aliphatic rings. The van der Waals surface area contributed by atoms with E-state index in [0.717, 1.165) is 26.1 Å². The van der Waals surface area contributed by atoms with Crippen molar-refractivity contribution in [3.63, 3.8) is 0 Å². The second-order valence-electron chi connectivity index (χ2n) is 6.84. The van der Waals surface area contributed by atoms with E-state index in [1.807, 2.05) is 13.8 Å². The fourth-order valence-corrected chi connectivity index (χ4v) is 3.04. The van der Waals surface area contributed by atoms with E-state index in [9.17, 15) is 4.79 Å². The Balaban J connectivity index is 2.77. The molecule has 1 saturated heterocycles. The Labute approximate surface area is 129 Å². The van der Waals surface area contributed by atoms with Crippen LogP contribution in [-0.2, 0) is 14.3 Å². The smallest absolute Gasteiger partial charge is 0.327 e. The van der Waals surface area contributed by atoms with Crippen molar-refractivity contribution in [2.45, 2.75) is 65.2 Å². The highest BCUT2D eigenvalue weighted by molar-refractivity contribution is 5.80. The lowest BCUT2D eigenvalue weighted by Crippen LogP contribution is -2.62. The number of carbonyl (C=O) groups is 1. The number of nitrogens with zero attached hydrogens (tertiary/aromatic N) is 1. The zero-order valence-electron chi connectivity index (χ0n) is 14.5. The normalized spacial score (nSPS) is 25.3. The van der Waals surface area contributed by atoms with Crippen LogP contribution in [0.3, 0.4) is 0 Å². The van der Waals surface area contributed by atoms with Crippen molar-refractivity contribution >= 4 is 5.97 Å². The number of nitrogens with one attached hydrogen (secondary N) is 1. The lowest BCUT2D eigenvalue weighted by Gasteiger charge is -2.44. The minimum absolute atomic E-state index is 0.171. The van der Waals surface area contributed by atoms with E-state index in [2.05, 4.69) is 37.9 Å². The maximum absolute atomic E-state index is 12.3. The molecule has 5 heteroatoms. The van der Waals surface area contributed by atoms with E-state index in [1.165, 1.54) is 0 Å². The van der Waals surface area contributed by atoms with Crippen molar-refractivity contribution in [3.8, 4) is 0 Å². The van der Waals surface area contributed by atoms with Crippen molar-refractivity contribution in [3.05, 3.63) is 0 Å². The molecule has 1 aliphatic heterocycles. The van der Waals surface area contributed by atoms with Gasteiger partial charge in [0.25, 0.3) is 0 Å². The molecule has 0 bridgehead atoms. The van der Waals surface area contributed by atoms with E-state index in [-0.39, 0.29) is 17.7 Å². The van der Waals surface area contributed by atoms with Crippen LogP contribution < -0.4 is 5.32 Å². The van der Waals surface area contributed by atoms with Gasteiger partial charge in [-0.2, -0.15) is 0 Å². The van der Waals surface area contributed by atoms with Crippen molar-refractivity contribution in [2.75, 3.05) is 32.8 Å². The fraction of sp³-hybridized carbons (Fsp3) is 0.938. The van der Waals surface area contributed by atoms with Crippen LogP contribution in [0.2, 0.25) is 0 Å². The molecule has 0 spiro atoms. The number of esters is 1. The molecule has 1 fully saturated rings. The molecule has 0 radical (unpaired) electrons. The Morgan fingerprint density at radius 3 is 2.67 bits per heavy atom. The maximum atomic E-state index is 12.3. The monoisotopic (exact) mass is 300 g/mol. The summed E-state index contributed by atoms with van der Waals surface area (Å²) in [5, 5.41) is 3.36. The Morgan fingerprint density at radius 1 is 1.48 bits per heavy atom. The van der Waals surface area contributed by atoms with Gasteiger partial charge in [-0.05, 0) is 47.6 Å². The zero-order valence-corrected chi connectivity index (χ0v) is 14.5. The fourth-order valence-electron chi connectivity index (χ4n) is 3.04. The van der Waals surface area contributed by atoms with Gasteiger partial charge in [0.05, 0.1) is 18.3 Å². The minimum Gasteiger partial charge on any atom is -0.465 e. The molecule has 124 valence electrons. The quantitative estimate of drug-likeness (QED) is 0.727. The van der Waals surface area contributed by atoms with Gasteiger partial charge in [-0.3, -0.25) is 9.69 Å². The van der Waals surface area contributed by atoms with E-state index < -0.39 is 5.54 Å². The van der Waals surface area contributed by atoms with Crippen LogP contribution in [-0.4, -0.2) is 60.9 Å². The average Bonchev–Trinajstić information content (AvgIpc) is 2.34. The van der Waals surface area contributed by atoms with Gasteiger partial charge >= 0.3 is 5.97 Å². The maximum Gasteiger partial charge on any atom is 0.327 e. The topological polar surface area (TPSA) is 50.8 Å². The third-order valence-corrected chi connectivity index (χ3v) is 3.67. The Kier molecular flexibility index (Phi) is 6.63. The third kappa shape index (κ3) is 5.57. The van der Waals surface area contributed by atoms with Crippen LogP contribution in [0.5, 0.6) is 0 Å². The molecule has 0 aromatic heterocycles. The molecule has 2 unspecified atom stereocenters.